The zero-order valence-corrected chi connectivity index (χ0v) is 15.4. The van der Waals surface area contributed by atoms with Crippen molar-refractivity contribution in [3.05, 3.63) is 107 Å². The molecule has 1 aliphatic rings. The van der Waals surface area contributed by atoms with E-state index in [0.717, 1.165) is 36.3 Å². The smallest absolute Gasteiger partial charge is 0.119 e. The quantitative estimate of drug-likeness (QED) is 0.529. The normalized spacial score (nSPS) is 17.8. The van der Waals surface area contributed by atoms with Gasteiger partial charge in [-0.1, -0.05) is 84.9 Å². The molecule has 3 heteroatoms. The Kier molecular flexibility index (Phi) is 5.07. The van der Waals surface area contributed by atoms with Crippen LogP contribution in [0.1, 0.15) is 28.3 Å². The summed E-state index contributed by atoms with van der Waals surface area (Å²) in [6, 6.07) is 29.7. The molecule has 1 unspecified atom stereocenters. The van der Waals surface area contributed by atoms with Gasteiger partial charge in [0.15, 0.2) is 0 Å². The summed E-state index contributed by atoms with van der Waals surface area (Å²) < 4.78 is 0. The maximum atomic E-state index is 7.39. The highest BCUT2D eigenvalue weighted by Gasteiger charge is 2.34. The molecule has 0 radical (unpaired) electrons. The van der Waals surface area contributed by atoms with Crippen LogP contribution in [0.2, 0.25) is 0 Å². The van der Waals surface area contributed by atoms with Crippen molar-refractivity contribution in [1.29, 1.82) is 0 Å². The SMILES string of the molecule is ClC(c1ccccc1)(c1ccccc1)c1cccc(C2CNCCN2)c1. The Morgan fingerprint density at radius 3 is 1.92 bits per heavy atom. The molecule has 0 aromatic heterocycles. The monoisotopic (exact) mass is 362 g/mol. The summed E-state index contributed by atoms with van der Waals surface area (Å²) in [5.41, 5.74) is 4.53. The van der Waals surface area contributed by atoms with E-state index in [-0.39, 0.29) is 0 Å². The zero-order chi connectivity index (χ0) is 17.8. The van der Waals surface area contributed by atoms with Crippen LogP contribution in [0.15, 0.2) is 84.9 Å². The predicted octanol–water partition coefficient (Wildman–Crippen LogP) is 4.45. The molecule has 3 aromatic carbocycles. The number of rotatable bonds is 4. The lowest BCUT2D eigenvalue weighted by Gasteiger charge is -2.31. The molecule has 4 rings (SSSR count). The molecule has 1 aliphatic heterocycles. The third kappa shape index (κ3) is 3.28. The first-order valence-electron chi connectivity index (χ1n) is 9.13. The van der Waals surface area contributed by atoms with Gasteiger partial charge in [-0.15, -0.1) is 11.6 Å². The van der Waals surface area contributed by atoms with Crippen LogP contribution in [0.4, 0.5) is 0 Å². The fraction of sp³-hybridized carbons (Fsp3) is 0.217. The molecule has 0 spiro atoms. The maximum absolute atomic E-state index is 7.39. The van der Waals surface area contributed by atoms with Gasteiger partial charge in [0, 0.05) is 25.7 Å². The average molecular weight is 363 g/mol. The number of halogens is 1. The van der Waals surface area contributed by atoms with Crippen molar-refractivity contribution in [2.24, 2.45) is 0 Å². The van der Waals surface area contributed by atoms with E-state index in [9.17, 15) is 0 Å². The molecule has 1 atom stereocenters. The minimum atomic E-state index is -0.708. The van der Waals surface area contributed by atoms with Crippen LogP contribution in [0.5, 0.6) is 0 Å². The lowest BCUT2D eigenvalue weighted by atomic mass is 9.83. The number of piperazine rings is 1. The molecule has 0 saturated carbocycles. The van der Waals surface area contributed by atoms with E-state index in [1.807, 2.05) is 36.4 Å². The van der Waals surface area contributed by atoms with E-state index in [1.54, 1.807) is 0 Å². The van der Waals surface area contributed by atoms with Crippen LogP contribution in [0, 0.1) is 0 Å². The van der Waals surface area contributed by atoms with E-state index in [4.69, 9.17) is 11.6 Å². The minimum absolute atomic E-state index is 0.316. The number of hydrogen-bond acceptors (Lipinski definition) is 2. The van der Waals surface area contributed by atoms with Gasteiger partial charge in [-0.25, -0.2) is 0 Å². The zero-order valence-electron chi connectivity index (χ0n) is 14.7. The van der Waals surface area contributed by atoms with E-state index in [1.165, 1.54) is 5.56 Å². The van der Waals surface area contributed by atoms with Crippen LogP contribution >= 0.6 is 11.6 Å². The van der Waals surface area contributed by atoms with Gasteiger partial charge >= 0.3 is 0 Å². The Labute approximate surface area is 160 Å². The van der Waals surface area contributed by atoms with Gasteiger partial charge in [-0.2, -0.15) is 0 Å². The van der Waals surface area contributed by atoms with Crippen molar-refractivity contribution in [1.82, 2.24) is 10.6 Å². The van der Waals surface area contributed by atoms with Crippen LogP contribution in [-0.2, 0) is 4.87 Å². The third-order valence-electron chi connectivity index (χ3n) is 5.07. The van der Waals surface area contributed by atoms with Crippen LogP contribution in [0.25, 0.3) is 0 Å². The summed E-state index contributed by atoms with van der Waals surface area (Å²) >= 11 is 7.39. The molecule has 3 aromatic rings. The van der Waals surface area contributed by atoms with E-state index in [2.05, 4.69) is 59.2 Å². The molecule has 0 aliphatic carbocycles. The molecule has 2 N–H and O–H groups in total. The Morgan fingerprint density at radius 2 is 1.35 bits per heavy atom. The van der Waals surface area contributed by atoms with Crippen molar-refractivity contribution in [2.75, 3.05) is 19.6 Å². The number of benzene rings is 3. The molecule has 2 nitrogen and oxygen atoms in total. The molecule has 0 bridgehead atoms. The largest absolute Gasteiger partial charge is 0.314 e. The highest BCUT2D eigenvalue weighted by atomic mass is 35.5. The van der Waals surface area contributed by atoms with Gasteiger partial charge in [0.25, 0.3) is 0 Å². The van der Waals surface area contributed by atoms with Crippen molar-refractivity contribution in [3.63, 3.8) is 0 Å². The highest BCUT2D eigenvalue weighted by Crippen LogP contribution is 2.43. The van der Waals surface area contributed by atoms with Crippen LogP contribution in [-0.4, -0.2) is 19.6 Å². The van der Waals surface area contributed by atoms with Crippen molar-refractivity contribution in [2.45, 2.75) is 10.9 Å². The first-order chi connectivity index (χ1) is 12.8. The van der Waals surface area contributed by atoms with Crippen molar-refractivity contribution in [3.8, 4) is 0 Å². The van der Waals surface area contributed by atoms with Crippen molar-refractivity contribution < 1.29 is 0 Å². The second kappa shape index (κ2) is 7.63. The molecule has 1 fully saturated rings. The molecule has 26 heavy (non-hydrogen) atoms. The molecule has 1 saturated heterocycles. The van der Waals surface area contributed by atoms with Gasteiger partial charge in [0.05, 0.1) is 0 Å². The Hall–Kier alpha value is -2.13. The summed E-state index contributed by atoms with van der Waals surface area (Å²) in [4.78, 5) is -0.708. The Balaban J connectivity index is 1.82. The van der Waals surface area contributed by atoms with E-state index >= 15 is 0 Å². The van der Waals surface area contributed by atoms with Crippen molar-refractivity contribution >= 4 is 11.6 Å². The summed E-state index contributed by atoms with van der Waals surface area (Å²) in [5.74, 6) is 0. The summed E-state index contributed by atoms with van der Waals surface area (Å²) in [5, 5.41) is 7.05. The van der Waals surface area contributed by atoms with Gasteiger partial charge in [-0.05, 0) is 22.3 Å². The minimum Gasteiger partial charge on any atom is -0.314 e. The predicted molar refractivity (Wildman–Crippen MR) is 109 cm³/mol. The fourth-order valence-corrected chi connectivity index (χ4v) is 4.06. The van der Waals surface area contributed by atoms with Crippen LogP contribution < -0.4 is 10.6 Å². The summed E-state index contributed by atoms with van der Waals surface area (Å²) in [6.07, 6.45) is 0. The van der Waals surface area contributed by atoms with Crippen LogP contribution in [0.3, 0.4) is 0 Å². The number of alkyl halides is 1. The van der Waals surface area contributed by atoms with E-state index in [0.29, 0.717) is 6.04 Å². The first-order valence-corrected chi connectivity index (χ1v) is 9.51. The van der Waals surface area contributed by atoms with Gasteiger partial charge < -0.3 is 10.6 Å². The summed E-state index contributed by atoms with van der Waals surface area (Å²) in [6.45, 7) is 2.94. The van der Waals surface area contributed by atoms with E-state index < -0.39 is 4.87 Å². The lowest BCUT2D eigenvalue weighted by molar-refractivity contribution is 0.430. The Bertz CT molecular complexity index is 803. The first kappa shape index (κ1) is 17.3. The average Bonchev–Trinajstić information content (AvgIpc) is 2.75. The standard InChI is InChI=1S/C23H23ClN2/c24-23(19-9-3-1-4-10-19,20-11-5-2-6-12-20)21-13-7-8-18(16-21)22-17-25-14-15-26-22/h1-13,16,22,25-26H,14-15,17H2. The van der Waals surface area contributed by atoms with Gasteiger partial charge in [0.1, 0.15) is 4.87 Å². The van der Waals surface area contributed by atoms with Gasteiger partial charge in [-0.3, -0.25) is 0 Å². The number of nitrogens with one attached hydrogen (secondary N) is 2. The molecule has 132 valence electrons. The summed E-state index contributed by atoms with van der Waals surface area (Å²) in [7, 11) is 0. The Morgan fingerprint density at radius 1 is 0.731 bits per heavy atom. The lowest BCUT2D eigenvalue weighted by Crippen LogP contribution is -2.42. The number of hydrogen-bond donors (Lipinski definition) is 2. The van der Waals surface area contributed by atoms with Gasteiger partial charge in [0.2, 0.25) is 0 Å². The molecular formula is C23H23ClN2. The molecular weight excluding hydrogens is 340 g/mol. The third-order valence-corrected chi connectivity index (χ3v) is 5.73. The molecule has 0 amide bonds. The molecule has 1 heterocycles. The maximum Gasteiger partial charge on any atom is 0.119 e. The topological polar surface area (TPSA) is 24.1 Å². The second-order valence-electron chi connectivity index (χ2n) is 6.73. The highest BCUT2D eigenvalue weighted by molar-refractivity contribution is 6.28. The second-order valence-corrected chi connectivity index (χ2v) is 7.29. The fourth-order valence-electron chi connectivity index (χ4n) is 3.69.